The Bertz CT molecular complexity index is 1220. The van der Waals surface area contributed by atoms with Gasteiger partial charge < -0.3 is 20.1 Å². The summed E-state index contributed by atoms with van der Waals surface area (Å²) < 4.78 is 59.0. The van der Waals surface area contributed by atoms with Crippen LogP contribution in [0, 0.1) is 29.2 Å². The minimum Gasteiger partial charge on any atom is -0.481 e. The van der Waals surface area contributed by atoms with Crippen LogP contribution in [0.5, 0.6) is 5.75 Å². The van der Waals surface area contributed by atoms with Crippen LogP contribution >= 0.6 is 11.6 Å². The van der Waals surface area contributed by atoms with Crippen molar-refractivity contribution in [2.75, 3.05) is 19.7 Å². The van der Waals surface area contributed by atoms with Gasteiger partial charge in [0.2, 0.25) is 17.5 Å². The van der Waals surface area contributed by atoms with Crippen LogP contribution in [0.1, 0.15) is 36.0 Å². The van der Waals surface area contributed by atoms with Crippen LogP contribution in [-0.4, -0.2) is 59.3 Å². The minimum absolute atomic E-state index is 0.0284. The van der Waals surface area contributed by atoms with Crippen molar-refractivity contribution < 1.29 is 46.6 Å². The van der Waals surface area contributed by atoms with Gasteiger partial charge in [0, 0.05) is 19.2 Å². The van der Waals surface area contributed by atoms with Gasteiger partial charge in [0.05, 0.1) is 22.9 Å². The van der Waals surface area contributed by atoms with Crippen molar-refractivity contribution in [3.8, 4) is 5.75 Å². The van der Waals surface area contributed by atoms with Crippen molar-refractivity contribution >= 4 is 35.2 Å². The number of amides is 2. The zero-order valence-electron chi connectivity index (χ0n) is 19.8. The monoisotopic (exact) mass is 558 g/mol. The Labute approximate surface area is 219 Å². The summed E-state index contributed by atoms with van der Waals surface area (Å²) in [5.74, 6) is -13.3. The summed E-state index contributed by atoms with van der Waals surface area (Å²) in [6.45, 7) is -0.864. The van der Waals surface area contributed by atoms with Gasteiger partial charge in [0.1, 0.15) is 12.6 Å². The molecule has 204 valence electrons. The van der Waals surface area contributed by atoms with E-state index in [0.717, 1.165) is 0 Å². The lowest BCUT2D eigenvalue weighted by molar-refractivity contribution is -0.141. The van der Waals surface area contributed by atoms with Crippen LogP contribution in [0.15, 0.2) is 30.3 Å². The van der Waals surface area contributed by atoms with Crippen LogP contribution in [-0.2, 0) is 14.4 Å². The predicted molar refractivity (Wildman–Crippen MR) is 126 cm³/mol. The first-order valence-corrected chi connectivity index (χ1v) is 11.9. The van der Waals surface area contributed by atoms with Crippen LogP contribution < -0.4 is 10.1 Å². The maximum absolute atomic E-state index is 13.8. The number of hydrogen-bond acceptors (Lipinski definition) is 5. The maximum Gasteiger partial charge on any atom is 0.305 e. The van der Waals surface area contributed by atoms with E-state index >= 15 is 0 Å². The molecule has 2 aromatic rings. The molecule has 1 aliphatic heterocycles. The van der Waals surface area contributed by atoms with Gasteiger partial charge in [-0.3, -0.25) is 19.2 Å². The molecule has 38 heavy (non-hydrogen) atoms. The molecule has 0 saturated carbocycles. The van der Waals surface area contributed by atoms with Gasteiger partial charge in [-0.2, -0.15) is 8.78 Å². The number of benzene rings is 2. The number of rotatable bonds is 9. The van der Waals surface area contributed by atoms with E-state index in [4.69, 9.17) is 11.6 Å². The fourth-order valence-electron chi connectivity index (χ4n) is 3.98. The Hall–Kier alpha value is -3.67. The van der Waals surface area contributed by atoms with Gasteiger partial charge in [0.15, 0.2) is 23.2 Å². The van der Waals surface area contributed by atoms with Crippen molar-refractivity contribution in [3.63, 3.8) is 0 Å². The minimum atomic E-state index is -1.88. The molecule has 3 rings (SSSR count). The second-order valence-corrected chi connectivity index (χ2v) is 9.04. The van der Waals surface area contributed by atoms with Crippen molar-refractivity contribution in [1.29, 1.82) is 0 Å². The topological polar surface area (TPSA) is 113 Å². The fourth-order valence-corrected chi connectivity index (χ4v) is 4.19. The van der Waals surface area contributed by atoms with Crippen molar-refractivity contribution in [1.82, 2.24) is 10.2 Å². The second-order valence-electron chi connectivity index (χ2n) is 8.64. The van der Waals surface area contributed by atoms with Gasteiger partial charge in [-0.05, 0) is 25.0 Å². The normalized spacial score (nSPS) is 16.3. The molecule has 13 heteroatoms. The number of ketones is 1. The highest BCUT2D eigenvalue weighted by molar-refractivity contribution is 6.33. The number of ether oxygens (including phenoxy) is 1. The summed E-state index contributed by atoms with van der Waals surface area (Å²) in [4.78, 5) is 51.4. The number of Topliss-reactive ketones (excluding diaryl/α,β-unsaturated/α-hetero) is 1. The molecule has 2 atom stereocenters. The lowest BCUT2D eigenvalue weighted by atomic mass is 10.0. The Morgan fingerprint density at radius 1 is 1.08 bits per heavy atom. The van der Waals surface area contributed by atoms with E-state index in [9.17, 15) is 41.8 Å². The molecule has 1 unspecified atom stereocenters. The first-order chi connectivity index (χ1) is 18.0. The van der Waals surface area contributed by atoms with Crippen molar-refractivity contribution in [3.05, 3.63) is 64.2 Å². The van der Waals surface area contributed by atoms with Crippen LogP contribution in [0.4, 0.5) is 17.6 Å². The molecule has 1 saturated heterocycles. The Balaban J connectivity index is 1.71. The SMILES string of the molecule is O=C(O)C[C@H](NC(=O)C1CCCCN(C(=O)c2ccccc2Cl)C1)C(=O)COc1c(F)c(F)cc(F)c1F. The average Bonchev–Trinajstić information content (AvgIpc) is 3.13. The first-order valence-electron chi connectivity index (χ1n) is 11.5. The molecule has 0 spiro atoms. The number of hydrogen-bond donors (Lipinski definition) is 2. The Morgan fingerprint density at radius 2 is 1.74 bits per heavy atom. The summed E-state index contributed by atoms with van der Waals surface area (Å²) >= 11 is 6.12. The molecule has 0 radical (unpaired) electrons. The van der Waals surface area contributed by atoms with E-state index in [1.165, 1.54) is 4.90 Å². The lowest BCUT2D eigenvalue weighted by Gasteiger charge is -2.26. The van der Waals surface area contributed by atoms with Gasteiger partial charge >= 0.3 is 5.97 Å². The Morgan fingerprint density at radius 3 is 2.37 bits per heavy atom. The molecule has 1 heterocycles. The molecule has 2 N–H and O–H groups in total. The molecule has 2 aromatic carbocycles. The lowest BCUT2D eigenvalue weighted by Crippen LogP contribution is -2.48. The van der Waals surface area contributed by atoms with E-state index in [1.54, 1.807) is 24.3 Å². The molecular weight excluding hydrogens is 536 g/mol. The van der Waals surface area contributed by atoms with Gasteiger partial charge in [-0.1, -0.05) is 30.2 Å². The zero-order chi connectivity index (χ0) is 28.0. The number of halogens is 5. The van der Waals surface area contributed by atoms with E-state index in [2.05, 4.69) is 10.1 Å². The van der Waals surface area contributed by atoms with E-state index in [-0.39, 0.29) is 23.2 Å². The molecule has 0 aliphatic carbocycles. The number of carbonyl (C=O) groups is 4. The third kappa shape index (κ3) is 7.00. The first kappa shape index (κ1) is 28.9. The van der Waals surface area contributed by atoms with Crippen molar-refractivity contribution in [2.45, 2.75) is 31.7 Å². The average molecular weight is 559 g/mol. The third-order valence-corrected chi connectivity index (χ3v) is 6.28. The summed E-state index contributed by atoms with van der Waals surface area (Å²) in [6, 6.07) is 4.68. The highest BCUT2D eigenvalue weighted by atomic mass is 35.5. The number of nitrogens with one attached hydrogen (secondary N) is 1. The van der Waals surface area contributed by atoms with E-state index < -0.39 is 77.6 Å². The highest BCUT2D eigenvalue weighted by Gasteiger charge is 2.32. The number of carboxylic acid groups (broad SMARTS) is 1. The smallest absolute Gasteiger partial charge is 0.305 e. The molecule has 1 fully saturated rings. The molecular formula is C25H23ClF4N2O6. The fraction of sp³-hybridized carbons (Fsp3) is 0.360. The molecule has 0 bridgehead atoms. The van der Waals surface area contributed by atoms with Crippen molar-refractivity contribution in [2.24, 2.45) is 5.92 Å². The summed E-state index contributed by atoms with van der Waals surface area (Å²) in [7, 11) is 0. The van der Waals surface area contributed by atoms with Crippen LogP contribution in [0.25, 0.3) is 0 Å². The van der Waals surface area contributed by atoms with Crippen LogP contribution in [0.3, 0.4) is 0 Å². The second kappa shape index (κ2) is 12.7. The predicted octanol–water partition coefficient (Wildman–Crippen LogP) is 3.75. The number of carboxylic acids is 1. The number of carbonyl (C=O) groups excluding carboxylic acids is 3. The number of aliphatic carboxylic acids is 1. The standard InChI is InChI=1S/C25H23ClF4N2O6/c26-15-7-2-1-6-14(15)25(37)32-8-4-3-5-13(11-32)24(36)31-18(10-20(34)35)19(33)12-38-23-21(29)16(27)9-17(28)22(23)30/h1-2,6-7,9,13,18H,3-5,8,10-12H2,(H,31,36)(H,34,35)/t13?,18-/m0/s1. The van der Waals surface area contributed by atoms with Gasteiger partial charge in [-0.25, -0.2) is 8.78 Å². The molecule has 8 nitrogen and oxygen atoms in total. The quantitative estimate of drug-likeness (QED) is 0.358. The number of likely N-dealkylation sites (tertiary alicyclic amines) is 1. The summed E-state index contributed by atoms with van der Waals surface area (Å²) in [5.41, 5.74) is 0.250. The maximum atomic E-state index is 13.8. The van der Waals surface area contributed by atoms with Crippen LogP contribution in [0.2, 0.25) is 5.02 Å². The Kier molecular flexibility index (Phi) is 9.67. The molecule has 0 aromatic heterocycles. The zero-order valence-corrected chi connectivity index (χ0v) is 20.6. The van der Waals surface area contributed by atoms with E-state index in [0.29, 0.717) is 25.8 Å². The van der Waals surface area contributed by atoms with E-state index in [1.807, 2.05) is 0 Å². The summed E-state index contributed by atoms with van der Waals surface area (Å²) in [6.07, 6.45) is 0.592. The van der Waals surface area contributed by atoms with Gasteiger partial charge in [0.25, 0.3) is 5.91 Å². The molecule has 2 amide bonds. The van der Waals surface area contributed by atoms with Gasteiger partial charge in [-0.15, -0.1) is 0 Å². The number of nitrogens with zero attached hydrogens (tertiary/aromatic N) is 1. The highest BCUT2D eigenvalue weighted by Crippen LogP contribution is 2.27. The summed E-state index contributed by atoms with van der Waals surface area (Å²) in [5, 5.41) is 11.7. The third-order valence-electron chi connectivity index (χ3n) is 5.95. The largest absolute Gasteiger partial charge is 0.481 e. The molecule has 1 aliphatic rings.